The van der Waals surface area contributed by atoms with Crippen LogP contribution in [0.4, 0.5) is 0 Å². The molecule has 0 saturated carbocycles. The van der Waals surface area contributed by atoms with E-state index in [1.54, 1.807) is 0 Å². The van der Waals surface area contributed by atoms with E-state index in [0.29, 0.717) is 5.82 Å². The van der Waals surface area contributed by atoms with Crippen LogP contribution in [0.3, 0.4) is 0 Å². The van der Waals surface area contributed by atoms with Crippen LogP contribution in [0.2, 0.25) is 0 Å². The fourth-order valence-corrected chi connectivity index (χ4v) is 10.7. The molecule has 0 saturated heterocycles. The molecule has 1 aliphatic carbocycles. The Kier molecular flexibility index (Phi) is 7.38. The van der Waals surface area contributed by atoms with Gasteiger partial charge in [0.2, 0.25) is 0 Å². The van der Waals surface area contributed by atoms with Crippen LogP contribution in [0, 0.1) is 0 Å². The van der Waals surface area contributed by atoms with Gasteiger partial charge in [0.05, 0.1) is 28.0 Å². The Bertz CT molecular complexity index is 3150. The number of hydrogen-bond donors (Lipinski definition) is 0. The van der Waals surface area contributed by atoms with Crippen molar-refractivity contribution in [2.24, 2.45) is 0 Å². The van der Waals surface area contributed by atoms with E-state index in [2.05, 4.69) is 176 Å². The molecule has 2 aromatic heterocycles. The van der Waals surface area contributed by atoms with Crippen LogP contribution in [0.15, 0.2) is 210 Å². The molecule has 0 N–H and O–H groups in total. The van der Waals surface area contributed by atoms with Crippen molar-refractivity contribution in [3.8, 4) is 56.3 Å². The molecule has 3 nitrogen and oxygen atoms in total. The third-order valence-corrected chi connectivity index (χ3v) is 13.1. The number of pyridine rings is 1. The van der Waals surface area contributed by atoms with Gasteiger partial charge in [-0.05, 0) is 57.6 Å². The number of fused-ring (bicyclic) bond motifs is 13. The Morgan fingerprint density at radius 2 is 0.931 bits per heavy atom. The van der Waals surface area contributed by atoms with Gasteiger partial charge in [0, 0.05) is 48.2 Å². The second-order valence-corrected chi connectivity index (χ2v) is 16.1. The maximum Gasteiger partial charge on any atom is 0.160 e. The number of aromatic nitrogens is 3. The Morgan fingerprint density at radius 1 is 0.379 bits per heavy atom. The first-order chi connectivity index (χ1) is 28.8. The lowest BCUT2D eigenvalue weighted by Gasteiger charge is -2.39. The van der Waals surface area contributed by atoms with Crippen LogP contribution < -0.4 is 0 Å². The first-order valence-corrected chi connectivity index (χ1v) is 20.5. The third-order valence-electron chi connectivity index (χ3n) is 11.9. The SMILES string of the molecule is c1ccc(-c2cc(-c3ccc4c(c3)nc(-c3ccccc3)c3ccc5c(c34)-c3ccccc3C53c4ccccc4Sc4ccccc43)nc(-c3ccccc3)n2)cc1. The largest absolute Gasteiger partial charge is 0.247 e. The zero-order valence-electron chi connectivity index (χ0n) is 31.3. The molecule has 1 spiro atoms. The van der Waals surface area contributed by atoms with Crippen molar-refractivity contribution in [2.75, 3.05) is 0 Å². The molecule has 2 aliphatic rings. The Morgan fingerprint density at radius 3 is 1.62 bits per heavy atom. The molecule has 58 heavy (non-hydrogen) atoms. The van der Waals surface area contributed by atoms with Crippen molar-refractivity contribution in [1.82, 2.24) is 15.0 Å². The van der Waals surface area contributed by atoms with E-state index in [1.807, 2.05) is 36.0 Å². The number of rotatable bonds is 4. The molecular formula is C54H33N3S. The maximum absolute atomic E-state index is 5.53. The van der Waals surface area contributed by atoms with Crippen LogP contribution in [-0.4, -0.2) is 15.0 Å². The molecule has 10 aromatic rings. The van der Waals surface area contributed by atoms with E-state index in [0.717, 1.165) is 55.6 Å². The molecule has 0 fully saturated rings. The summed E-state index contributed by atoms with van der Waals surface area (Å²) in [5, 5.41) is 3.49. The van der Waals surface area contributed by atoms with Crippen molar-refractivity contribution in [3.63, 3.8) is 0 Å². The summed E-state index contributed by atoms with van der Waals surface area (Å²) in [6.07, 6.45) is 0. The molecule has 4 heteroatoms. The number of hydrogen-bond acceptors (Lipinski definition) is 4. The molecule has 0 unspecified atom stereocenters. The van der Waals surface area contributed by atoms with Crippen molar-refractivity contribution in [3.05, 3.63) is 222 Å². The van der Waals surface area contributed by atoms with Gasteiger partial charge >= 0.3 is 0 Å². The van der Waals surface area contributed by atoms with Crippen molar-refractivity contribution < 1.29 is 0 Å². The van der Waals surface area contributed by atoms with Gasteiger partial charge in [-0.3, -0.25) is 0 Å². The monoisotopic (exact) mass is 755 g/mol. The summed E-state index contributed by atoms with van der Waals surface area (Å²) in [6.45, 7) is 0. The van der Waals surface area contributed by atoms with Crippen LogP contribution in [0.5, 0.6) is 0 Å². The third kappa shape index (κ3) is 4.85. The molecule has 1 aliphatic heterocycles. The molecule has 0 bridgehead atoms. The van der Waals surface area contributed by atoms with Crippen molar-refractivity contribution >= 4 is 33.4 Å². The van der Waals surface area contributed by atoms with Gasteiger partial charge in [0.15, 0.2) is 5.82 Å². The summed E-state index contributed by atoms with van der Waals surface area (Å²) in [4.78, 5) is 18.4. The van der Waals surface area contributed by atoms with Crippen LogP contribution in [0.1, 0.15) is 22.3 Å². The highest BCUT2D eigenvalue weighted by molar-refractivity contribution is 7.99. The van der Waals surface area contributed by atoms with E-state index < -0.39 is 5.41 Å². The Labute approximate surface area is 340 Å². The molecule has 12 rings (SSSR count). The summed E-state index contributed by atoms with van der Waals surface area (Å²) in [6, 6.07) is 71.8. The molecule has 8 aromatic carbocycles. The predicted octanol–water partition coefficient (Wildman–Crippen LogP) is 13.7. The minimum Gasteiger partial charge on any atom is -0.247 e. The molecule has 0 radical (unpaired) electrons. The zero-order valence-corrected chi connectivity index (χ0v) is 32.1. The quantitative estimate of drug-likeness (QED) is 0.168. The highest BCUT2D eigenvalue weighted by Gasteiger charge is 2.50. The van der Waals surface area contributed by atoms with E-state index in [9.17, 15) is 0 Å². The predicted molar refractivity (Wildman–Crippen MR) is 238 cm³/mol. The minimum atomic E-state index is -0.469. The van der Waals surface area contributed by atoms with Crippen molar-refractivity contribution in [2.45, 2.75) is 15.2 Å². The van der Waals surface area contributed by atoms with Gasteiger partial charge in [-0.25, -0.2) is 15.0 Å². The molecule has 0 amide bonds. The first kappa shape index (κ1) is 33.0. The highest BCUT2D eigenvalue weighted by atomic mass is 32.2. The summed E-state index contributed by atoms with van der Waals surface area (Å²) >= 11 is 1.88. The molecule has 0 atom stereocenters. The molecule has 3 heterocycles. The van der Waals surface area contributed by atoms with Gasteiger partial charge in [-0.15, -0.1) is 0 Å². The van der Waals surface area contributed by atoms with Gasteiger partial charge in [-0.2, -0.15) is 0 Å². The second-order valence-electron chi connectivity index (χ2n) is 15.1. The maximum atomic E-state index is 5.53. The Hall–Kier alpha value is -7.14. The second kappa shape index (κ2) is 13.0. The lowest BCUT2D eigenvalue weighted by Crippen LogP contribution is -2.31. The summed E-state index contributed by atoms with van der Waals surface area (Å²) in [5.41, 5.74) is 15.1. The van der Waals surface area contributed by atoms with Crippen molar-refractivity contribution in [1.29, 1.82) is 0 Å². The summed E-state index contributed by atoms with van der Waals surface area (Å²) in [5.74, 6) is 0.694. The van der Waals surface area contributed by atoms with Gasteiger partial charge in [0.25, 0.3) is 0 Å². The normalized spacial score (nSPS) is 13.2. The summed E-state index contributed by atoms with van der Waals surface area (Å²) in [7, 11) is 0. The molecule has 270 valence electrons. The van der Waals surface area contributed by atoms with E-state index in [-0.39, 0.29) is 0 Å². The fourth-order valence-electron chi connectivity index (χ4n) is 9.48. The standard InChI is InChI=1S/C54H33N3S/c1-4-16-34(17-5-1)45-33-46(57-53(56-45)36-20-8-3-9-21-36)37-28-29-39-47(32-37)55-52(35-18-6-2-7-19-35)40-30-31-44-51(50(39)40)38-22-10-11-23-41(38)54(44)42-24-12-14-26-48(42)58-49-27-15-13-25-43(49)54/h1-33H. The first-order valence-electron chi connectivity index (χ1n) is 19.7. The number of nitrogens with zero attached hydrogens (tertiary/aromatic N) is 3. The molecular weight excluding hydrogens is 723 g/mol. The number of benzene rings is 8. The van der Waals surface area contributed by atoms with Crippen LogP contribution in [0.25, 0.3) is 78.0 Å². The lowest BCUT2D eigenvalue weighted by atomic mass is 9.67. The average molecular weight is 756 g/mol. The zero-order chi connectivity index (χ0) is 38.2. The topological polar surface area (TPSA) is 38.7 Å². The van der Waals surface area contributed by atoms with Gasteiger partial charge in [-0.1, -0.05) is 188 Å². The van der Waals surface area contributed by atoms with Crippen LogP contribution in [-0.2, 0) is 5.41 Å². The van der Waals surface area contributed by atoms with E-state index in [4.69, 9.17) is 15.0 Å². The van der Waals surface area contributed by atoms with Crippen LogP contribution >= 0.6 is 11.8 Å². The summed E-state index contributed by atoms with van der Waals surface area (Å²) < 4.78 is 0. The average Bonchev–Trinajstić information content (AvgIpc) is 3.60. The van der Waals surface area contributed by atoms with E-state index >= 15 is 0 Å². The Balaban J connectivity index is 1.17. The highest BCUT2D eigenvalue weighted by Crippen LogP contribution is 2.63. The van der Waals surface area contributed by atoms with Gasteiger partial charge in [0.1, 0.15) is 0 Å². The van der Waals surface area contributed by atoms with E-state index in [1.165, 1.54) is 48.6 Å². The minimum absolute atomic E-state index is 0.469. The van der Waals surface area contributed by atoms with Gasteiger partial charge < -0.3 is 0 Å². The smallest absolute Gasteiger partial charge is 0.160 e. The lowest BCUT2D eigenvalue weighted by molar-refractivity contribution is 0.723. The fraction of sp³-hybridized carbons (Fsp3) is 0.0185.